The SMILES string of the molecule is CCC[C@H](c1cccc(C(=O)NC2c3ccccc3OC(C)(C)C2O)c1)N1C(=N)NC(CC)(CC)CC1=O. The highest BCUT2D eigenvalue weighted by atomic mass is 16.5. The smallest absolute Gasteiger partial charge is 0.251 e. The number of rotatable bonds is 8. The summed E-state index contributed by atoms with van der Waals surface area (Å²) >= 11 is 0. The maximum absolute atomic E-state index is 13.5. The van der Waals surface area contributed by atoms with Gasteiger partial charge in [-0.3, -0.25) is 19.9 Å². The number of hydrogen-bond donors (Lipinski definition) is 4. The van der Waals surface area contributed by atoms with Crippen LogP contribution < -0.4 is 15.4 Å². The van der Waals surface area contributed by atoms with E-state index in [1.165, 1.54) is 0 Å². The van der Waals surface area contributed by atoms with E-state index >= 15 is 0 Å². The molecule has 204 valence electrons. The van der Waals surface area contributed by atoms with Crippen molar-refractivity contribution in [3.05, 3.63) is 65.2 Å². The number of carbonyl (C=O) groups excluding carboxylic acids is 2. The van der Waals surface area contributed by atoms with Crippen molar-refractivity contribution in [1.29, 1.82) is 5.41 Å². The molecule has 0 saturated carbocycles. The molecule has 8 nitrogen and oxygen atoms in total. The lowest BCUT2D eigenvalue weighted by molar-refractivity contribution is -0.132. The molecule has 3 atom stereocenters. The van der Waals surface area contributed by atoms with Crippen LogP contribution in [0.15, 0.2) is 48.5 Å². The van der Waals surface area contributed by atoms with Gasteiger partial charge in [-0.2, -0.15) is 0 Å². The lowest BCUT2D eigenvalue weighted by atomic mass is 9.85. The van der Waals surface area contributed by atoms with Crippen molar-refractivity contribution in [2.75, 3.05) is 0 Å². The number of hydrogen-bond acceptors (Lipinski definition) is 5. The van der Waals surface area contributed by atoms with E-state index in [0.29, 0.717) is 24.2 Å². The second-order valence-corrected chi connectivity index (χ2v) is 11.0. The van der Waals surface area contributed by atoms with Gasteiger partial charge in [0.25, 0.3) is 5.91 Å². The molecular formula is C30H40N4O4. The molecular weight excluding hydrogens is 480 g/mol. The number of guanidine groups is 1. The third-order valence-electron chi connectivity index (χ3n) is 8.09. The zero-order valence-corrected chi connectivity index (χ0v) is 23.0. The van der Waals surface area contributed by atoms with E-state index in [-0.39, 0.29) is 23.8 Å². The summed E-state index contributed by atoms with van der Waals surface area (Å²) < 4.78 is 5.98. The van der Waals surface area contributed by atoms with Crippen LogP contribution in [0.4, 0.5) is 0 Å². The maximum Gasteiger partial charge on any atom is 0.251 e. The average Bonchev–Trinajstić information content (AvgIpc) is 2.90. The molecule has 8 heteroatoms. The second kappa shape index (κ2) is 10.8. The highest BCUT2D eigenvalue weighted by molar-refractivity contribution is 6.00. The first-order valence-electron chi connectivity index (χ1n) is 13.6. The number of fused-ring (bicyclic) bond motifs is 1. The lowest BCUT2D eigenvalue weighted by Gasteiger charge is -2.45. The Morgan fingerprint density at radius 1 is 1.18 bits per heavy atom. The van der Waals surface area contributed by atoms with E-state index in [0.717, 1.165) is 30.4 Å². The van der Waals surface area contributed by atoms with Crippen molar-refractivity contribution in [3.63, 3.8) is 0 Å². The molecule has 0 aromatic heterocycles. The summed E-state index contributed by atoms with van der Waals surface area (Å²) in [6, 6.07) is 13.6. The van der Waals surface area contributed by atoms with E-state index in [4.69, 9.17) is 10.1 Å². The predicted octanol–water partition coefficient (Wildman–Crippen LogP) is 4.85. The van der Waals surface area contributed by atoms with Crippen molar-refractivity contribution in [3.8, 4) is 5.75 Å². The van der Waals surface area contributed by atoms with Crippen LogP contribution in [0.1, 0.15) is 100 Å². The molecule has 38 heavy (non-hydrogen) atoms. The van der Waals surface area contributed by atoms with Crippen LogP contribution in [0.5, 0.6) is 5.75 Å². The summed E-state index contributed by atoms with van der Waals surface area (Å²) in [6.07, 6.45) is 2.37. The minimum atomic E-state index is -0.952. The summed E-state index contributed by atoms with van der Waals surface area (Å²) in [4.78, 5) is 28.4. The molecule has 2 amide bonds. The van der Waals surface area contributed by atoms with Crippen molar-refractivity contribution in [2.45, 2.75) is 96.1 Å². The van der Waals surface area contributed by atoms with Crippen molar-refractivity contribution in [1.82, 2.24) is 15.5 Å². The fraction of sp³-hybridized carbons (Fsp3) is 0.500. The van der Waals surface area contributed by atoms with Gasteiger partial charge in [0.2, 0.25) is 5.91 Å². The predicted molar refractivity (Wildman–Crippen MR) is 147 cm³/mol. The number of nitrogens with zero attached hydrogens (tertiary/aromatic N) is 1. The minimum Gasteiger partial charge on any atom is -0.485 e. The third kappa shape index (κ3) is 5.14. The Labute approximate surface area is 225 Å². The van der Waals surface area contributed by atoms with Gasteiger partial charge in [0.15, 0.2) is 5.96 Å². The van der Waals surface area contributed by atoms with Gasteiger partial charge in [0.05, 0.1) is 18.5 Å². The molecule has 0 spiro atoms. The Balaban J connectivity index is 1.61. The Kier molecular flexibility index (Phi) is 7.83. The van der Waals surface area contributed by atoms with E-state index < -0.39 is 23.3 Å². The number of nitrogens with one attached hydrogen (secondary N) is 3. The van der Waals surface area contributed by atoms with Gasteiger partial charge in [0, 0.05) is 16.7 Å². The zero-order valence-electron chi connectivity index (χ0n) is 23.0. The van der Waals surface area contributed by atoms with Crippen LogP contribution in [0.3, 0.4) is 0 Å². The van der Waals surface area contributed by atoms with E-state index in [9.17, 15) is 14.7 Å². The minimum absolute atomic E-state index is 0.0741. The molecule has 0 radical (unpaired) electrons. The molecule has 1 fully saturated rings. The van der Waals surface area contributed by atoms with Gasteiger partial charge in [-0.25, -0.2) is 0 Å². The van der Waals surface area contributed by atoms with Crippen LogP contribution in [0.25, 0.3) is 0 Å². The van der Waals surface area contributed by atoms with Crippen molar-refractivity contribution in [2.24, 2.45) is 0 Å². The van der Waals surface area contributed by atoms with Gasteiger partial charge in [-0.05, 0) is 56.9 Å². The number of aliphatic hydroxyl groups is 1. The summed E-state index contributed by atoms with van der Waals surface area (Å²) in [5, 5.41) is 26.1. The Hall–Kier alpha value is -3.39. The maximum atomic E-state index is 13.5. The number of amides is 2. The third-order valence-corrected chi connectivity index (χ3v) is 8.09. The summed E-state index contributed by atoms with van der Waals surface area (Å²) in [6.45, 7) is 9.71. The summed E-state index contributed by atoms with van der Waals surface area (Å²) in [5.41, 5.74) is 0.680. The van der Waals surface area contributed by atoms with E-state index in [2.05, 4.69) is 10.6 Å². The largest absolute Gasteiger partial charge is 0.485 e. The van der Waals surface area contributed by atoms with Gasteiger partial charge >= 0.3 is 0 Å². The molecule has 2 aromatic carbocycles. The number of para-hydroxylation sites is 1. The van der Waals surface area contributed by atoms with Crippen LogP contribution in [0, 0.1) is 5.41 Å². The number of benzene rings is 2. The van der Waals surface area contributed by atoms with Crippen LogP contribution >= 0.6 is 0 Å². The molecule has 4 N–H and O–H groups in total. The zero-order chi connectivity index (χ0) is 27.7. The number of ether oxygens (including phenoxy) is 1. The molecule has 2 aromatic rings. The van der Waals surface area contributed by atoms with Crippen LogP contribution in [-0.4, -0.2) is 45.0 Å². The van der Waals surface area contributed by atoms with Gasteiger partial charge in [-0.15, -0.1) is 0 Å². The summed E-state index contributed by atoms with van der Waals surface area (Å²) in [7, 11) is 0. The molecule has 2 unspecified atom stereocenters. The van der Waals surface area contributed by atoms with Gasteiger partial charge in [-0.1, -0.05) is 57.5 Å². The van der Waals surface area contributed by atoms with Crippen LogP contribution in [-0.2, 0) is 4.79 Å². The molecule has 0 aliphatic carbocycles. The fourth-order valence-corrected chi connectivity index (χ4v) is 5.59. The van der Waals surface area contributed by atoms with Gasteiger partial charge in [0.1, 0.15) is 17.5 Å². The average molecular weight is 521 g/mol. The molecule has 2 aliphatic rings. The molecule has 0 bridgehead atoms. The highest BCUT2D eigenvalue weighted by Gasteiger charge is 2.44. The fourth-order valence-electron chi connectivity index (χ4n) is 5.59. The molecule has 2 heterocycles. The topological polar surface area (TPSA) is 115 Å². The van der Waals surface area contributed by atoms with Crippen LogP contribution in [0.2, 0.25) is 0 Å². The number of carbonyl (C=O) groups is 2. The first kappa shape index (κ1) is 27.6. The van der Waals surface area contributed by atoms with Crippen molar-refractivity contribution < 1.29 is 19.4 Å². The normalized spacial score (nSPS) is 22.6. The van der Waals surface area contributed by atoms with Crippen molar-refractivity contribution >= 4 is 17.8 Å². The lowest BCUT2D eigenvalue weighted by Crippen LogP contribution is -2.62. The van der Waals surface area contributed by atoms with E-state index in [1.54, 1.807) is 36.9 Å². The Bertz CT molecular complexity index is 1190. The Morgan fingerprint density at radius 2 is 1.89 bits per heavy atom. The molecule has 2 aliphatic heterocycles. The first-order valence-corrected chi connectivity index (χ1v) is 13.6. The van der Waals surface area contributed by atoms with Gasteiger partial charge < -0.3 is 20.5 Å². The molecule has 1 saturated heterocycles. The summed E-state index contributed by atoms with van der Waals surface area (Å²) in [5.74, 6) is 0.347. The standard InChI is InChI=1S/C30H40N4O4/c1-6-12-22(34-24(35)18-30(7-2,8-3)33-28(34)31)19-13-11-14-20(17-19)27(37)32-25-21-15-9-10-16-23(21)38-29(4,5)26(25)36/h9-11,13-17,22,25-26,36H,6-8,12,18H2,1-5H3,(H2,31,33)(H,32,37)/t22-,25?,26?/m1/s1. The second-order valence-electron chi connectivity index (χ2n) is 11.0. The molecule has 4 rings (SSSR count). The monoisotopic (exact) mass is 520 g/mol. The Morgan fingerprint density at radius 3 is 2.55 bits per heavy atom. The quantitative estimate of drug-likeness (QED) is 0.397. The first-order chi connectivity index (χ1) is 18.1. The number of aliphatic hydroxyl groups excluding tert-OH is 1. The van der Waals surface area contributed by atoms with E-state index in [1.807, 2.05) is 51.1 Å². The highest BCUT2D eigenvalue weighted by Crippen LogP contribution is 2.40.